The predicted molar refractivity (Wildman–Crippen MR) is 120 cm³/mol. The molecule has 0 aromatic carbocycles. The molecule has 0 N–H and O–H groups in total. The molecule has 0 bridgehead atoms. The molecule has 6 atom stereocenters. The Morgan fingerprint density at radius 1 is 0.786 bits per heavy atom. The van der Waals surface area contributed by atoms with Gasteiger partial charge in [-0.05, 0) is 81.0 Å². The second-order valence-electron chi connectivity index (χ2n) is 10.9. The first-order valence-corrected chi connectivity index (χ1v) is 13.1. The van der Waals surface area contributed by atoms with Crippen LogP contribution in [0.15, 0.2) is 0 Å². The Balaban J connectivity index is 1.47. The van der Waals surface area contributed by atoms with Gasteiger partial charge in [0.15, 0.2) is 0 Å². The lowest BCUT2D eigenvalue weighted by molar-refractivity contribution is -0.0181. The largest absolute Gasteiger partial charge is 0.198 e. The van der Waals surface area contributed by atoms with Gasteiger partial charge in [-0.15, -0.1) is 0 Å². The van der Waals surface area contributed by atoms with Crippen molar-refractivity contribution in [3.63, 3.8) is 0 Å². The number of hydrogen-bond acceptors (Lipinski definition) is 1. The highest BCUT2D eigenvalue weighted by molar-refractivity contribution is 5.06. The first-order valence-electron chi connectivity index (χ1n) is 13.1. The van der Waals surface area contributed by atoms with Gasteiger partial charge in [0.25, 0.3) is 0 Å². The monoisotopic (exact) mass is 385 g/mol. The van der Waals surface area contributed by atoms with E-state index >= 15 is 0 Å². The Morgan fingerprint density at radius 2 is 1.50 bits per heavy atom. The van der Waals surface area contributed by atoms with Gasteiger partial charge in [-0.3, -0.25) is 0 Å². The molecule has 160 valence electrons. The van der Waals surface area contributed by atoms with Gasteiger partial charge in [-0.1, -0.05) is 78.1 Å². The smallest absolute Gasteiger partial charge is 0.0689 e. The number of fused-ring (bicyclic) bond motifs is 3. The molecule has 3 aliphatic rings. The normalized spacial score (nSPS) is 37.7. The van der Waals surface area contributed by atoms with Crippen molar-refractivity contribution in [1.29, 1.82) is 5.26 Å². The van der Waals surface area contributed by atoms with Crippen LogP contribution in [0.4, 0.5) is 0 Å². The van der Waals surface area contributed by atoms with Crippen LogP contribution >= 0.6 is 0 Å². The van der Waals surface area contributed by atoms with Gasteiger partial charge in [0.05, 0.1) is 11.5 Å². The highest BCUT2D eigenvalue weighted by atomic mass is 14.5. The zero-order valence-electron chi connectivity index (χ0n) is 19.1. The summed E-state index contributed by atoms with van der Waals surface area (Å²) < 4.78 is 0. The summed E-state index contributed by atoms with van der Waals surface area (Å²) in [5.74, 6) is 4.93. The Labute approximate surface area is 176 Å². The van der Waals surface area contributed by atoms with Crippen LogP contribution in [-0.2, 0) is 0 Å². The third-order valence-electron chi connectivity index (χ3n) is 9.03. The second kappa shape index (κ2) is 11.0. The molecule has 3 fully saturated rings. The van der Waals surface area contributed by atoms with Gasteiger partial charge in [0, 0.05) is 0 Å². The van der Waals surface area contributed by atoms with Crippen molar-refractivity contribution in [2.24, 2.45) is 35.0 Å². The molecule has 28 heavy (non-hydrogen) atoms. The topological polar surface area (TPSA) is 23.8 Å². The minimum absolute atomic E-state index is 0.0405. The van der Waals surface area contributed by atoms with Crippen LogP contribution in [0.5, 0.6) is 0 Å². The molecular formula is C27H47N. The highest BCUT2D eigenvalue weighted by Gasteiger charge is 2.48. The van der Waals surface area contributed by atoms with Crippen LogP contribution < -0.4 is 0 Å². The molecule has 0 heterocycles. The van der Waals surface area contributed by atoms with E-state index in [-0.39, 0.29) is 5.41 Å². The molecule has 0 spiro atoms. The van der Waals surface area contributed by atoms with E-state index < -0.39 is 0 Å². The van der Waals surface area contributed by atoms with Gasteiger partial charge in [-0.25, -0.2) is 0 Å². The number of hydrogen-bond donors (Lipinski definition) is 0. The molecular weight excluding hydrogens is 338 g/mol. The van der Waals surface area contributed by atoms with Gasteiger partial charge in [0.2, 0.25) is 0 Å². The van der Waals surface area contributed by atoms with Crippen molar-refractivity contribution in [3.8, 4) is 6.07 Å². The fraction of sp³-hybridized carbons (Fsp3) is 0.963. The molecule has 0 amide bonds. The van der Waals surface area contributed by atoms with Gasteiger partial charge < -0.3 is 0 Å². The van der Waals surface area contributed by atoms with Crippen molar-refractivity contribution in [1.82, 2.24) is 0 Å². The first-order chi connectivity index (χ1) is 13.7. The van der Waals surface area contributed by atoms with Crippen LogP contribution in [0.2, 0.25) is 0 Å². The van der Waals surface area contributed by atoms with Gasteiger partial charge in [0.1, 0.15) is 0 Å². The maximum absolute atomic E-state index is 9.98. The van der Waals surface area contributed by atoms with Crippen molar-refractivity contribution < 1.29 is 0 Å². The van der Waals surface area contributed by atoms with E-state index in [0.29, 0.717) is 0 Å². The predicted octanol–water partition coefficient (Wildman–Crippen LogP) is 8.68. The van der Waals surface area contributed by atoms with Crippen LogP contribution in [0.3, 0.4) is 0 Å². The van der Waals surface area contributed by atoms with Crippen molar-refractivity contribution in [2.75, 3.05) is 0 Å². The number of unbranched alkanes of at least 4 members (excludes halogenated alkanes) is 6. The third kappa shape index (κ3) is 5.55. The summed E-state index contributed by atoms with van der Waals surface area (Å²) in [4.78, 5) is 0. The molecule has 3 rings (SSSR count). The van der Waals surface area contributed by atoms with Gasteiger partial charge >= 0.3 is 0 Å². The highest BCUT2D eigenvalue weighted by Crippen LogP contribution is 2.57. The zero-order valence-corrected chi connectivity index (χ0v) is 19.1. The van der Waals surface area contributed by atoms with E-state index in [1.165, 1.54) is 109 Å². The lowest BCUT2D eigenvalue weighted by Crippen LogP contribution is -2.44. The molecule has 3 saturated carbocycles. The van der Waals surface area contributed by atoms with Crippen molar-refractivity contribution in [2.45, 2.75) is 129 Å². The fourth-order valence-corrected chi connectivity index (χ4v) is 7.42. The summed E-state index contributed by atoms with van der Waals surface area (Å²) in [6.07, 6.45) is 25.0. The molecule has 1 nitrogen and oxygen atoms in total. The molecule has 0 aliphatic heterocycles. The fourth-order valence-electron chi connectivity index (χ4n) is 7.42. The minimum Gasteiger partial charge on any atom is -0.198 e. The summed E-state index contributed by atoms with van der Waals surface area (Å²) in [5, 5.41) is 9.98. The van der Waals surface area contributed by atoms with Crippen LogP contribution in [0.25, 0.3) is 0 Å². The minimum atomic E-state index is 0.0405. The van der Waals surface area contributed by atoms with E-state index in [9.17, 15) is 5.26 Å². The van der Waals surface area contributed by atoms with Crippen LogP contribution in [0, 0.1) is 46.3 Å². The molecule has 1 heteroatoms. The SMILES string of the molecule is CCCCCCCC1CCC2C(CCC3CC(C#N)(CCCCC)CCC32)C1. The van der Waals surface area contributed by atoms with E-state index in [2.05, 4.69) is 19.9 Å². The van der Waals surface area contributed by atoms with Crippen molar-refractivity contribution in [3.05, 3.63) is 0 Å². The first kappa shape index (κ1) is 22.2. The molecule has 6 unspecified atom stereocenters. The summed E-state index contributed by atoms with van der Waals surface area (Å²) in [6, 6.07) is 2.83. The van der Waals surface area contributed by atoms with E-state index in [1.807, 2.05) is 0 Å². The van der Waals surface area contributed by atoms with Crippen LogP contribution in [-0.4, -0.2) is 0 Å². The Morgan fingerprint density at radius 3 is 2.29 bits per heavy atom. The summed E-state index contributed by atoms with van der Waals surface area (Å²) in [5.41, 5.74) is 0.0405. The Kier molecular flexibility index (Phi) is 8.74. The lowest BCUT2D eigenvalue weighted by Gasteiger charge is -2.52. The quantitative estimate of drug-likeness (QED) is 0.345. The molecule has 0 saturated heterocycles. The second-order valence-corrected chi connectivity index (χ2v) is 10.9. The maximum atomic E-state index is 9.98. The van der Waals surface area contributed by atoms with Crippen LogP contribution in [0.1, 0.15) is 129 Å². The maximum Gasteiger partial charge on any atom is 0.0689 e. The van der Waals surface area contributed by atoms with Crippen molar-refractivity contribution >= 4 is 0 Å². The third-order valence-corrected chi connectivity index (χ3v) is 9.03. The average Bonchev–Trinajstić information content (AvgIpc) is 2.73. The molecule has 3 aliphatic carbocycles. The standard InChI is InChI=1S/C27H47N/c1-3-5-7-8-9-11-22-12-15-25-23(19-22)13-14-24-20-27(21-28,17-10-6-4-2)18-16-26(24)25/h22-26H,3-20H2,1-2H3. The summed E-state index contributed by atoms with van der Waals surface area (Å²) in [7, 11) is 0. The summed E-state index contributed by atoms with van der Waals surface area (Å²) >= 11 is 0. The molecule has 0 radical (unpaired) electrons. The number of nitrogens with zero attached hydrogens (tertiary/aromatic N) is 1. The van der Waals surface area contributed by atoms with E-state index in [4.69, 9.17) is 0 Å². The Bertz CT molecular complexity index is 491. The molecule has 0 aromatic heterocycles. The lowest BCUT2D eigenvalue weighted by atomic mass is 9.52. The number of nitriles is 1. The van der Waals surface area contributed by atoms with Gasteiger partial charge in [-0.2, -0.15) is 5.26 Å². The van der Waals surface area contributed by atoms with E-state index in [0.717, 1.165) is 29.6 Å². The summed E-state index contributed by atoms with van der Waals surface area (Å²) in [6.45, 7) is 4.59. The molecule has 0 aromatic rings. The zero-order chi connectivity index (χ0) is 19.8. The Hall–Kier alpha value is -0.510. The average molecular weight is 386 g/mol. The number of rotatable bonds is 10. The van der Waals surface area contributed by atoms with E-state index in [1.54, 1.807) is 6.42 Å².